The number of aryl methyl sites for hydroxylation is 1. The van der Waals surface area contributed by atoms with Crippen LogP contribution >= 0.6 is 15.9 Å². The summed E-state index contributed by atoms with van der Waals surface area (Å²) in [7, 11) is -0.874. The minimum atomic E-state index is -0.874. The number of carbonyl (C=O) groups is 1. The number of pyridine rings is 1. The fraction of sp³-hybridized carbons (Fsp3) is 0.467. The number of halogens is 1. The summed E-state index contributed by atoms with van der Waals surface area (Å²) in [4.78, 5) is 19.2. The summed E-state index contributed by atoms with van der Waals surface area (Å²) in [6.07, 6.45) is 1.86. The molecule has 5 nitrogen and oxygen atoms in total. The van der Waals surface area contributed by atoms with Gasteiger partial charge in [-0.1, -0.05) is 0 Å². The van der Waals surface area contributed by atoms with Crippen LogP contribution in [0.25, 0.3) is 5.65 Å². The van der Waals surface area contributed by atoms with Crippen LogP contribution in [0.1, 0.15) is 30.0 Å². The average molecular weight is 384 g/mol. The number of rotatable bonds is 1. The van der Waals surface area contributed by atoms with E-state index in [1.54, 1.807) is 4.90 Å². The van der Waals surface area contributed by atoms with E-state index in [-0.39, 0.29) is 16.4 Å². The normalized spacial score (nSPS) is 25.6. The summed E-state index contributed by atoms with van der Waals surface area (Å²) in [5, 5.41) is -0.00199. The fourth-order valence-electron chi connectivity index (χ4n) is 2.95. The van der Waals surface area contributed by atoms with Crippen LogP contribution in [0.5, 0.6) is 0 Å². The molecule has 0 spiro atoms. The van der Waals surface area contributed by atoms with E-state index in [1.165, 1.54) is 0 Å². The molecule has 2 aromatic rings. The monoisotopic (exact) mass is 383 g/mol. The van der Waals surface area contributed by atoms with E-state index in [1.807, 2.05) is 43.5 Å². The lowest BCUT2D eigenvalue weighted by molar-refractivity contribution is 0.0743. The standard InChI is InChI=1S/C15H18BrN3O2S/c1-9-6-18(7-10(2)22(9)21)15(20)14-11(3)17-13-5-4-12(16)8-19(13)14/h4-5,8-10H,6-7H2,1-3H3. The van der Waals surface area contributed by atoms with Crippen LogP contribution in [0.15, 0.2) is 22.8 Å². The highest BCUT2D eigenvalue weighted by Gasteiger charge is 2.33. The van der Waals surface area contributed by atoms with Crippen LogP contribution in [-0.4, -0.2) is 48.0 Å². The van der Waals surface area contributed by atoms with E-state index < -0.39 is 10.8 Å². The molecular formula is C15H18BrN3O2S. The number of amides is 1. The maximum Gasteiger partial charge on any atom is 0.272 e. The number of imidazole rings is 1. The van der Waals surface area contributed by atoms with Gasteiger partial charge in [-0.15, -0.1) is 0 Å². The molecule has 1 saturated heterocycles. The molecule has 1 aliphatic heterocycles. The Kier molecular flexibility index (Phi) is 4.11. The van der Waals surface area contributed by atoms with E-state index in [0.717, 1.165) is 15.8 Å². The molecule has 0 bridgehead atoms. The lowest BCUT2D eigenvalue weighted by Crippen LogP contribution is -2.50. The molecule has 0 aromatic carbocycles. The van der Waals surface area contributed by atoms with Crippen LogP contribution in [0.3, 0.4) is 0 Å². The molecule has 0 N–H and O–H groups in total. The quantitative estimate of drug-likeness (QED) is 0.759. The van der Waals surface area contributed by atoms with Gasteiger partial charge in [0.05, 0.1) is 5.69 Å². The van der Waals surface area contributed by atoms with Gasteiger partial charge < -0.3 is 4.90 Å². The lowest BCUT2D eigenvalue weighted by atomic mass is 10.2. The molecule has 0 aliphatic carbocycles. The minimum absolute atomic E-state index is 0.000993. The molecule has 7 heteroatoms. The van der Waals surface area contributed by atoms with Crippen molar-refractivity contribution in [2.24, 2.45) is 0 Å². The van der Waals surface area contributed by atoms with E-state index in [9.17, 15) is 9.00 Å². The first kappa shape index (κ1) is 15.7. The van der Waals surface area contributed by atoms with Gasteiger partial charge in [-0.25, -0.2) is 4.98 Å². The molecule has 3 rings (SSSR count). The van der Waals surface area contributed by atoms with E-state index >= 15 is 0 Å². The zero-order valence-corrected chi connectivity index (χ0v) is 15.1. The highest BCUT2D eigenvalue weighted by atomic mass is 79.9. The molecule has 2 unspecified atom stereocenters. The Hall–Kier alpha value is -1.21. The van der Waals surface area contributed by atoms with Gasteiger partial charge in [0.25, 0.3) is 5.91 Å². The molecule has 0 radical (unpaired) electrons. The number of nitrogens with zero attached hydrogens (tertiary/aromatic N) is 3. The van der Waals surface area contributed by atoms with Crippen LogP contribution in [0.2, 0.25) is 0 Å². The summed E-state index contributed by atoms with van der Waals surface area (Å²) < 4.78 is 14.8. The van der Waals surface area contributed by atoms with Gasteiger partial charge in [0.2, 0.25) is 0 Å². The van der Waals surface area contributed by atoms with Gasteiger partial charge in [-0.2, -0.15) is 0 Å². The molecule has 1 fully saturated rings. The van der Waals surface area contributed by atoms with Gasteiger partial charge in [0.1, 0.15) is 11.3 Å². The highest BCUT2D eigenvalue weighted by Crippen LogP contribution is 2.21. The third kappa shape index (κ3) is 2.60. The molecular weight excluding hydrogens is 366 g/mol. The summed E-state index contributed by atoms with van der Waals surface area (Å²) >= 11 is 3.43. The maximum absolute atomic E-state index is 13.0. The van der Waals surface area contributed by atoms with Crippen molar-refractivity contribution in [1.29, 1.82) is 0 Å². The Balaban J connectivity index is 2.00. The van der Waals surface area contributed by atoms with Crippen molar-refractivity contribution < 1.29 is 9.00 Å². The van der Waals surface area contributed by atoms with Crippen LogP contribution < -0.4 is 0 Å². The SMILES string of the molecule is Cc1nc2ccc(Br)cn2c1C(=O)N1CC(C)S(=O)C(C)C1. The van der Waals surface area contributed by atoms with Gasteiger partial charge in [-0.05, 0) is 48.8 Å². The zero-order chi connectivity index (χ0) is 16.0. The van der Waals surface area contributed by atoms with Gasteiger partial charge in [0.15, 0.2) is 0 Å². The van der Waals surface area contributed by atoms with Crippen molar-refractivity contribution in [3.05, 3.63) is 34.2 Å². The second kappa shape index (κ2) is 5.77. The Morgan fingerprint density at radius 2 is 1.95 bits per heavy atom. The van der Waals surface area contributed by atoms with Crippen molar-refractivity contribution in [3.63, 3.8) is 0 Å². The molecule has 2 aromatic heterocycles. The number of fused-ring (bicyclic) bond motifs is 1. The third-order valence-electron chi connectivity index (χ3n) is 3.99. The van der Waals surface area contributed by atoms with Gasteiger partial charge in [-0.3, -0.25) is 13.4 Å². The van der Waals surface area contributed by atoms with Crippen LogP contribution in [-0.2, 0) is 10.8 Å². The van der Waals surface area contributed by atoms with E-state index in [4.69, 9.17) is 0 Å². The summed E-state index contributed by atoms with van der Waals surface area (Å²) in [6.45, 7) is 6.77. The summed E-state index contributed by atoms with van der Waals surface area (Å²) in [6, 6.07) is 3.79. The van der Waals surface area contributed by atoms with E-state index in [0.29, 0.717) is 18.8 Å². The Morgan fingerprint density at radius 1 is 1.32 bits per heavy atom. The molecule has 2 atom stereocenters. The Bertz CT molecular complexity index is 759. The Labute approximate surface area is 140 Å². The maximum atomic E-state index is 13.0. The topological polar surface area (TPSA) is 54.7 Å². The molecule has 0 saturated carbocycles. The second-order valence-electron chi connectivity index (χ2n) is 5.78. The second-order valence-corrected chi connectivity index (χ2v) is 8.96. The molecule has 1 aliphatic rings. The van der Waals surface area contributed by atoms with Crippen molar-refractivity contribution in [1.82, 2.24) is 14.3 Å². The molecule has 22 heavy (non-hydrogen) atoms. The highest BCUT2D eigenvalue weighted by molar-refractivity contribution is 9.10. The van der Waals surface area contributed by atoms with Crippen LogP contribution in [0.4, 0.5) is 0 Å². The average Bonchev–Trinajstić information content (AvgIpc) is 2.78. The van der Waals surface area contributed by atoms with Crippen molar-refractivity contribution in [2.75, 3.05) is 13.1 Å². The number of hydrogen-bond donors (Lipinski definition) is 0. The Morgan fingerprint density at radius 3 is 2.59 bits per heavy atom. The number of aromatic nitrogens is 2. The minimum Gasteiger partial charge on any atom is -0.335 e. The van der Waals surface area contributed by atoms with Crippen molar-refractivity contribution in [2.45, 2.75) is 31.3 Å². The predicted octanol–water partition coefficient (Wildman–Crippen LogP) is 2.39. The number of hydrogen-bond acceptors (Lipinski definition) is 3. The smallest absolute Gasteiger partial charge is 0.272 e. The summed E-state index contributed by atoms with van der Waals surface area (Å²) in [5.74, 6) is -0.0431. The predicted molar refractivity (Wildman–Crippen MR) is 90.6 cm³/mol. The lowest BCUT2D eigenvalue weighted by Gasteiger charge is -2.34. The molecule has 1 amide bonds. The van der Waals surface area contributed by atoms with Crippen molar-refractivity contribution >= 4 is 38.3 Å². The van der Waals surface area contributed by atoms with Gasteiger partial charge >= 0.3 is 0 Å². The zero-order valence-electron chi connectivity index (χ0n) is 12.7. The first-order valence-electron chi connectivity index (χ1n) is 7.21. The summed E-state index contributed by atoms with van der Waals surface area (Å²) in [5.41, 5.74) is 2.06. The first-order valence-corrected chi connectivity index (χ1v) is 9.28. The molecule has 3 heterocycles. The third-order valence-corrected chi connectivity index (χ3v) is 6.35. The fourth-order valence-corrected chi connectivity index (χ4v) is 4.73. The first-order chi connectivity index (χ1) is 10.4. The molecule has 118 valence electrons. The van der Waals surface area contributed by atoms with Gasteiger partial charge in [0, 0.05) is 45.1 Å². The van der Waals surface area contributed by atoms with Crippen LogP contribution in [0, 0.1) is 6.92 Å². The largest absolute Gasteiger partial charge is 0.335 e. The number of carbonyl (C=O) groups excluding carboxylic acids is 1. The van der Waals surface area contributed by atoms with E-state index in [2.05, 4.69) is 20.9 Å². The van der Waals surface area contributed by atoms with Crippen molar-refractivity contribution in [3.8, 4) is 0 Å².